The molecule has 0 amide bonds. The van der Waals surface area contributed by atoms with E-state index >= 15 is 0 Å². The van der Waals surface area contributed by atoms with Crippen LogP contribution in [0.3, 0.4) is 0 Å². The minimum Gasteiger partial charge on any atom is -0.302 e. The largest absolute Gasteiger partial charge is 0.302 e. The zero-order valence-corrected chi connectivity index (χ0v) is 11.3. The maximum Gasteiger partial charge on any atom is 0.137 e. The van der Waals surface area contributed by atoms with E-state index in [0.29, 0.717) is 11.7 Å². The van der Waals surface area contributed by atoms with Crippen molar-refractivity contribution in [3.05, 3.63) is 0 Å². The number of carbonyl (C=O) groups is 1. The van der Waals surface area contributed by atoms with Gasteiger partial charge in [-0.2, -0.15) is 0 Å². The molecule has 1 saturated carbocycles. The molecule has 1 aliphatic carbocycles. The Kier molecular flexibility index (Phi) is 5.02. The van der Waals surface area contributed by atoms with Crippen molar-refractivity contribution in [1.29, 1.82) is 0 Å². The van der Waals surface area contributed by atoms with Gasteiger partial charge in [0.25, 0.3) is 0 Å². The molecule has 2 rings (SSSR count). The van der Waals surface area contributed by atoms with Gasteiger partial charge in [0, 0.05) is 25.4 Å². The first-order valence-electron chi connectivity index (χ1n) is 7.54. The summed E-state index contributed by atoms with van der Waals surface area (Å²) in [6.07, 6.45) is 9.68. The fourth-order valence-corrected chi connectivity index (χ4v) is 3.39. The number of Topliss-reactive ketones (excluding diaryl/α,β-unsaturated/α-hetero) is 1. The number of nitrogens with zero attached hydrogens (tertiary/aromatic N) is 1. The second kappa shape index (κ2) is 6.53. The van der Waals surface area contributed by atoms with Crippen molar-refractivity contribution in [2.75, 3.05) is 19.6 Å². The number of rotatable bonds is 3. The second-order valence-electron chi connectivity index (χ2n) is 5.94. The topological polar surface area (TPSA) is 20.3 Å². The highest BCUT2D eigenvalue weighted by molar-refractivity contribution is 5.81. The maximum atomic E-state index is 12.0. The highest BCUT2D eigenvalue weighted by Crippen LogP contribution is 2.24. The van der Waals surface area contributed by atoms with Crippen molar-refractivity contribution in [3.63, 3.8) is 0 Å². The van der Waals surface area contributed by atoms with Crippen LogP contribution in [0.25, 0.3) is 0 Å². The third-order valence-electron chi connectivity index (χ3n) is 4.59. The molecule has 98 valence electrons. The average molecular weight is 237 g/mol. The monoisotopic (exact) mass is 237 g/mol. The summed E-state index contributed by atoms with van der Waals surface area (Å²) in [6, 6.07) is 0. The van der Waals surface area contributed by atoms with Crippen LogP contribution in [0.4, 0.5) is 0 Å². The van der Waals surface area contributed by atoms with Gasteiger partial charge in [-0.25, -0.2) is 0 Å². The standard InChI is InChI=1S/C15H27NO/c1-2-13-7-6-10-16(11-13)12-14-8-4-3-5-9-15(14)17/h13-14H,2-12H2,1H3. The summed E-state index contributed by atoms with van der Waals surface area (Å²) in [7, 11) is 0. The van der Waals surface area contributed by atoms with Gasteiger partial charge in [0.2, 0.25) is 0 Å². The van der Waals surface area contributed by atoms with Crippen molar-refractivity contribution in [1.82, 2.24) is 4.90 Å². The normalized spacial score (nSPS) is 32.4. The molecule has 0 aromatic rings. The Morgan fingerprint density at radius 1 is 1.18 bits per heavy atom. The van der Waals surface area contributed by atoms with Crippen molar-refractivity contribution in [2.24, 2.45) is 11.8 Å². The molecule has 0 radical (unpaired) electrons. The minimum absolute atomic E-state index is 0.355. The fourth-order valence-electron chi connectivity index (χ4n) is 3.39. The lowest BCUT2D eigenvalue weighted by Crippen LogP contribution is -2.40. The number of piperidine rings is 1. The smallest absolute Gasteiger partial charge is 0.137 e. The summed E-state index contributed by atoms with van der Waals surface area (Å²) >= 11 is 0. The van der Waals surface area contributed by atoms with Gasteiger partial charge in [0.1, 0.15) is 5.78 Å². The molecule has 2 atom stereocenters. The zero-order valence-electron chi connectivity index (χ0n) is 11.3. The molecule has 1 heterocycles. The Hall–Kier alpha value is -0.370. The number of ketones is 1. The first-order chi connectivity index (χ1) is 8.29. The average Bonchev–Trinajstić information content (AvgIpc) is 2.55. The van der Waals surface area contributed by atoms with Gasteiger partial charge in [-0.05, 0) is 38.1 Å². The molecule has 0 aromatic carbocycles. The highest BCUT2D eigenvalue weighted by Gasteiger charge is 2.25. The molecule has 0 aromatic heterocycles. The third kappa shape index (κ3) is 3.80. The molecule has 1 saturated heterocycles. The SMILES string of the molecule is CCC1CCCN(CC2CCCCCC2=O)C1. The van der Waals surface area contributed by atoms with Gasteiger partial charge in [-0.3, -0.25) is 4.79 Å². The number of likely N-dealkylation sites (tertiary alicyclic amines) is 1. The summed E-state index contributed by atoms with van der Waals surface area (Å²) in [5.41, 5.74) is 0. The maximum absolute atomic E-state index is 12.0. The van der Waals surface area contributed by atoms with Crippen LogP contribution in [0.1, 0.15) is 58.3 Å². The molecule has 2 unspecified atom stereocenters. The Bertz CT molecular complexity index is 251. The second-order valence-corrected chi connectivity index (χ2v) is 5.94. The van der Waals surface area contributed by atoms with Crippen LogP contribution in [0.2, 0.25) is 0 Å². The van der Waals surface area contributed by atoms with Crippen LogP contribution in [-0.4, -0.2) is 30.3 Å². The zero-order chi connectivity index (χ0) is 12.1. The van der Waals surface area contributed by atoms with Gasteiger partial charge in [0.05, 0.1) is 0 Å². The molecular formula is C15H27NO. The van der Waals surface area contributed by atoms with Gasteiger partial charge in [0.15, 0.2) is 0 Å². The van der Waals surface area contributed by atoms with Gasteiger partial charge in [-0.1, -0.05) is 26.2 Å². The summed E-state index contributed by atoms with van der Waals surface area (Å²) in [6.45, 7) is 5.81. The van der Waals surface area contributed by atoms with Crippen LogP contribution in [-0.2, 0) is 4.79 Å². The quantitative estimate of drug-likeness (QED) is 0.702. The van der Waals surface area contributed by atoms with E-state index in [1.165, 1.54) is 45.2 Å². The Balaban J connectivity index is 1.83. The molecule has 0 bridgehead atoms. The van der Waals surface area contributed by atoms with Crippen LogP contribution in [0, 0.1) is 11.8 Å². The predicted molar refractivity (Wildman–Crippen MR) is 71.0 cm³/mol. The van der Waals surface area contributed by atoms with Crippen LogP contribution < -0.4 is 0 Å². The lowest BCUT2D eigenvalue weighted by atomic mass is 9.93. The summed E-state index contributed by atoms with van der Waals surface area (Å²) < 4.78 is 0. The molecule has 17 heavy (non-hydrogen) atoms. The van der Waals surface area contributed by atoms with E-state index in [0.717, 1.165) is 31.7 Å². The summed E-state index contributed by atoms with van der Waals surface area (Å²) in [4.78, 5) is 14.6. The highest BCUT2D eigenvalue weighted by atomic mass is 16.1. The van der Waals surface area contributed by atoms with Crippen molar-refractivity contribution < 1.29 is 4.79 Å². The predicted octanol–water partition coefficient (Wildman–Crippen LogP) is 3.26. The molecule has 0 spiro atoms. The van der Waals surface area contributed by atoms with E-state index in [1.807, 2.05) is 0 Å². The third-order valence-corrected chi connectivity index (χ3v) is 4.59. The van der Waals surface area contributed by atoms with Crippen LogP contribution >= 0.6 is 0 Å². The van der Waals surface area contributed by atoms with Crippen molar-refractivity contribution in [3.8, 4) is 0 Å². The Morgan fingerprint density at radius 3 is 2.88 bits per heavy atom. The molecule has 2 fully saturated rings. The molecule has 2 nitrogen and oxygen atoms in total. The molecule has 0 N–H and O–H groups in total. The van der Waals surface area contributed by atoms with E-state index in [4.69, 9.17) is 0 Å². The van der Waals surface area contributed by atoms with Gasteiger partial charge >= 0.3 is 0 Å². The van der Waals surface area contributed by atoms with E-state index in [1.54, 1.807) is 0 Å². The fraction of sp³-hybridized carbons (Fsp3) is 0.933. The summed E-state index contributed by atoms with van der Waals surface area (Å²) in [5.74, 6) is 1.78. The van der Waals surface area contributed by atoms with E-state index in [-0.39, 0.29) is 0 Å². The van der Waals surface area contributed by atoms with Crippen molar-refractivity contribution >= 4 is 5.78 Å². The van der Waals surface area contributed by atoms with E-state index in [9.17, 15) is 4.79 Å². The number of hydrogen-bond donors (Lipinski definition) is 0. The molecular weight excluding hydrogens is 210 g/mol. The van der Waals surface area contributed by atoms with Crippen LogP contribution in [0.15, 0.2) is 0 Å². The summed E-state index contributed by atoms with van der Waals surface area (Å²) in [5, 5.41) is 0. The molecule has 1 aliphatic heterocycles. The molecule has 2 heteroatoms. The van der Waals surface area contributed by atoms with E-state index in [2.05, 4.69) is 11.8 Å². The van der Waals surface area contributed by atoms with Gasteiger partial charge in [-0.15, -0.1) is 0 Å². The lowest BCUT2D eigenvalue weighted by Gasteiger charge is -2.34. The van der Waals surface area contributed by atoms with Crippen molar-refractivity contribution in [2.45, 2.75) is 58.3 Å². The van der Waals surface area contributed by atoms with E-state index < -0.39 is 0 Å². The number of hydrogen-bond acceptors (Lipinski definition) is 2. The minimum atomic E-state index is 0.355. The van der Waals surface area contributed by atoms with Gasteiger partial charge < -0.3 is 4.90 Å². The first-order valence-corrected chi connectivity index (χ1v) is 7.54. The van der Waals surface area contributed by atoms with Crippen LogP contribution in [0.5, 0.6) is 0 Å². The Labute approximate surface area is 106 Å². The lowest BCUT2D eigenvalue weighted by molar-refractivity contribution is -0.123. The first kappa shape index (κ1) is 13.1. The molecule has 2 aliphatic rings. The Morgan fingerprint density at radius 2 is 2.06 bits per heavy atom. The number of carbonyl (C=O) groups excluding carboxylic acids is 1.